The third-order valence-corrected chi connectivity index (χ3v) is 5.27. The second kappa shape index (κ2) is 5.20. The first-order valence-electron chi connectivity index (χ1n) is 7.44. The van der Waals surface area contributed by atoms with E-state index in [1.807, 2.05) is 12.2 Å². The average Bonchev–Trinajstić information content (AvgIpc) is 3.12. The summed E-state index contributed by atoms with van der Waals surface area (Å²) in [5.41, 5.74) is 0. The Balaban J connectivity index is 1.70. The molecule has 0 aromatic carbocycles. The van der Waals surface area contributed by atoms with Crippen molar-refractivity contribution in [2.45, 2.75) is 31.7 Å². The molecule has 3 aliphatic rings. The molecule has 6 unspecified atom stereocenters. The Labute approximate surface area is 118 Å². The van der Waals surface area contributed by atoms with E-state index in [1.54, 1.807) is 0 Å². The van der Waals surface area contributed by atoms with E-state index in [2.05, 4.69) is 5.32 Å². The van der Waals surface area contributed by atoms with E-state index >= 15 is 0 Å². The molecule has 1 amide bonds. The van der Waals surface area contributed by atoms with E-state index in [9.17, 15) is 19.8 Å². The number of aliphatic carboxylic acids is 1. The highest BCUT2D eigenvalue weighted by atomic mass is 16.4. The second-order valence-electron chi connectivity index (χ2n) is 6.33. The molecule has 2 fully saturated rings. The molecule has 6 atom stereocenters. The van der Waals surface area contributed by atoms with Crippen molar-refractivity contribution in [2.24, 2.45) is 29.6 Å². The summed E-state index contributed by atoms with van der Waals surface area (Å²) in [6.45, 7) is 0.0872. The average molecular weight is 279 g/mol. The lowest BCUT2D eigenvalue weighted by atomic mass is 9.82. The quantitative estimate of drug-likeness (QED) is 0.664. The van der Waals surface area contributed by atoms with Gasteiger partial charge in [-0.2, -0.15) is 0 Å². The topological polar surface area (TPSA) is 86.6 Å². The van der Waals surface area contributed by atoms with Crippen LogP contribution in [-0.4, -0.2) is 34.7 Å². The van der Waals surface area contributed by atoms with Crippen molar-refractivity contribution >= 4 is 11.9 Å². The molecule has 0 saturated heterocycles. The smallest absolute Gasteiger partial charge is 0.307 e. The molecular weight excluding hydrogens is 258 g/mol. The monoisotopic (exact) mass is 279 g/mol. The van der Waals surface area contributed by atoms with Crippen molar-refractivity contribution in [2.75, 3.05) is 6.61 Å². The van der Waals surface area contributed by atoms with Gasteiger partial charge in [0.25, 0.3) is 0 Å². The summed E-state index contributed by atoms with van der Waals surface area (Å²) in [5, 5.41) is 21.7. The van der Waals surface area contributed by atoms with Crippen molar-refractivity contribution in [3.63, 3.8) is 0 Å². The van der Waals surface area contributed by atoms with Gasteiger partial charge in [-0.15, -0.1) is 0 Å². The number of aliphatic hydroxyl groups is 1. The Morgan fingerprint density at radius 3 is 2.50 bits per heavy atom. The molecule has 3 aliphatic carbocycles. The van der Waals surface area contributed by atoms with Crippen LogP contribution in [0.2, 0.25) is 0 Å². The predicted octanol–water partition coefficient (Wildman–Crippen LogP) is 0.786. The number of carboxylic acid groups (broad SMARTS) is 1. The van der Waals surface area contributed by atoms with Crippen LogP contribution in [0.5, 0.6) is 0 Å². The largest absolute Gasteiger partial charge is 0.481 e. The maximum Gasteiger partial charge on any atom is 0.307 e. The molecule has 110 valence electrons. The van der Waals surface area contributed by atoms with Gasteiger partial charge < -0.3 is 15.5 Å². The summed E-state index contributed by atoms with van der Waals surface area (Å²) in [7, 11) is 0. The lowest BCUT2D eigenvalue weighted by molar-refractivity contribution is -0.148. The van der Waals surface area contributed by atoms with Gasteiger partial charge in [0.1, 0.15) is 0 Å². The van der Waals surface area contributed by atoms with Crippen LogP contribution >= 0.6 is 0 Å². The second-order valence-corrected chi connectivity index (χ2v) is 6.33. The molecule has 0 aliphatic heterocycles. The number of allylic oxidation sites excluding steroid dienone is 2. The van der Waals surface area contributed by atoms with Gasteiger partial charge in [0, 0.05) is 18.6 Å². The standard InChI is InChI=1S/C15H21NO4/c17-7-10-2-1-3-11(10)16-14(18)12-8-4-5-9(6-8)13(12)15(19)20/h4-5,8-13,17H,1-3,6-7H2,(H,16,18)(H,19,20). The van der Waals surface area contributed by atoms with E-state index in [0.29, 0.717) is 0 Å². The molecule has 0 aromatic rings. The Hall–Kier alpha value is -1.36. The maximum absolute atomic E-state index is 12.5. The first-order chi connectivity index (χ1) is 9.61. The number of carbonyl (C=O) groups excluding carboxylic acids is 1. The number of amides is 1. The summed E-state index contributed by atoms with van der Waals surface area (Å²) in [6.07, 6.45) is 7.54. The lowest BCUT2D eigenvalue weighted by Crippen LogP contribution is -2.46. The van der Waals surface area contributed by atoms with Crippen LogP contribution in [0.1, 0.15) is 25.7 Å². The zero-order chi connectivity index (χ0) is 14.3. The first kappa shape index (κ1) is 13.6. The third-order valence-electron chi connectivity index (χ3n) is 5.27. The lowest BCUT2D eigenvalue weighted by Gasteiger charge is -2.27. The van der Waals surface area contributed by atoms with E-state index in [4.69, 9.17) is 0 Å². The van der Waals surface area contributed by atoms with Crippen molar-refractivity contribution in [3.05, 3.63) is 12.2 Å². The fraction of sp³-hybridized carbons (Fsp3) is 0.733. The Kier molecular flexibility index (Phi) is 3.54. The summed E-state index contributed by atoms with van der Waals surface area (Å²) >= 11 is 0. The normalized spacial score (nSPS) is 42.0. The Morgan fingerprint density at radius 1 is 1.15 bits per heavy atom. The molecule has 0 aromatic heterocycles. The SMILES string of the molecule is O=C(O)C1C2C=CC(C2)C1C(=O)NC1CCCC1CO. The Morgan fingerprint density at radius 2 is 1.85 bits per heavy atom. The number of fused-ring (bicyclic) bond motifs is 2. The van der Waals surface area contributed by atoms with Crippen LogP contribution in [0.25, 0.3) is 0 Å². The van der Waals surface area contributed by atoms with Crippen LogP contribution < -0.4 is 5.32 Å². The number of hydrogen-bond acceptors (Lipinski definition) is 3. The van der Waals surface area contributed by atoms with Gasteiger partial charge in [0.2, 0.25) is 5.91 Å². The molecule has 0 radical (unpaired) electrons. The summed E-state index contributed by atoms with van der Waals surface area (Å²) in [5.74, 6) is -1.84. The summed E-state index contributed by atoms with van der Waals surface area (Å²) < 4.78 is 0. The van der Waals surface area contributed by atoms with E-state index < -0.39 is 17.8 Å². The van der Waals surface area contributed by atoms with Crippen molar-refractivity contribution in [3.8, 4) is 0 Å². The minimum Gasteiger partial charge on any atom is -0.481 e. The van der Waals surface area contributed by atoms with E-state index in [-0.39, 0.29) is 36.3 Å². The minimum atomic E-state index is -0.868. The van der Waals surface area contributed by atoms with E-state index in [0.717, 1.165) is 25.7 Å². The van der Waals surface area contributed by atoms with Crippen LogP contribution in [0.4, 0.5) is 0 Å². The van der Waals surface area contributed by atoms with Crippen LogP contribution in [0.3, 0.4) is 0 Å². The van der Waals surface area contributed by atoms with Gasteiger partial charge >= 0.3 is 5.97 Å². The first-order valence-corrected chi connectivity index (χ1v) is 7.44. The molecule has 3 N–H and O–H groups in total. The number of carbonyl (C=O) groups is 2. The molecule has 2 bridgehead atoms. The molecule has 3 rings (SSSR count). The van der Waals surface area contributed by atoms with Gasteiger partial charge in [-0.1, -0.05) is 18.6 Å². The van der Waals surface area contributed by atoms with Crippen LogP contribution in [-0.2, 0) is 9.59 Å². The zero-order valence-corrected chi connectivity index (χ0v) is 11.4. The van der Waals surface area contributed by atoms with Gasteiger partial charge in [-0.05, 0) is 31.1 Å². The fourth-order valence-corrected chi connectivity index (χ4v) is 4.24. The molecular formula is C15H21NO4. The third kappa shape index (κ3) is 2.14. The highest BCUT2D eigenvalue weighted by Crippen LogP contribution is 2.48. The van der Waals surface area contributed by atoms with Crippen LogP contribution in [0, 0.1) is 29.6 Å². The molecule has 0 spiro atoms. The van der Waals surface area contributed by atoms with Crippen molar-refractivity contribution in [1.82, 2.24) is 5.32 Å². The Bertz CT molecular complexity index is 447. The predicted molar refractivity (Wildman–Crippen MR) is 71.7 cm³/mol. The molecule has 5 heteroatoms. The van der Waals surface area contributed by atoms with Gasteiger partial charge in [0.05, 0.1) is 11.8 Å². The summed E-state index contributed by atoms with van der Waals surface area (Å²) in [6, 6.07) is 0.00468. The van der Waals surface area contributed by atoms with E-state index in [1.165, 1.54) is 0 Å². The van der Waals surface area contributed by atoms with Crippen LogP contribution in [0.15, 0.2) is 12.2 Å². The molecule has 2 saturated carbocycles. The van der Waals surface area contributed by atoms with Gasteiger partial charge in [-0.25, -0.2) is 0 Å². The number of hydrogen-bond donors (Lipinski definition) is 3. The number of nitrogens with one attached hydrogen (secondary N) is 1. The van der Waals surface area contributed by atoms with Crippen molar-refractivity contribution in [1.29, 1.82) is 0 Å². The van der Waals surface area contributed by atoms with Gasteiger partial charge in [-0.3, -0.25) is 9.59 Å². The highest BCUT2D eigenvalue weighted by molar-refractivity contribution is 5.87. The maximum atomic E-state index is 12.5. The van der Waals surface area contributed by atoms with Crippen molar-refractivity contribution < 1.29 is 19.8 Å². The number of aliphatic hydroxyl groups excluding tert-OH is 1. The van der Waals surface area contributed by atoms with Gasteiger partial charge in [0.15, 0.2) is 0 Å². The highest BCUT2D eigenvalue weighted by Gasteiger charge is 2.52. The summed E-state index contributed by atoms with van der Waals surface area (Å²) in [4.78, 5) is 23.9. The zero-order valence-electron chi connectivity index (χ0n) is 11.4. The number of carboxylic acids is 1. The molecule has 0 heterocycles. The fourth-order valence-electron chi connectivity index (χ4n) is 4.24. The number of rotatable bonds is 4. The molecule has 20 heavy (non-hydrogen) atoms. The molecule has 5 nitrogen and oxygen atoms in total. The minimum absolute atomic E-state index is 0.00468.